The Hall–Kier alpha value is -2.88. The van der Waals surface area contributed by atoms with Gasteiger partial charge in [-0.05, 0) is 19.9 Å². The van der Waals surface area contributed by atoms with Gasteiger partial charge in [-0.1, -0.05) is 5.16 Å². The third kappa shape index (κ3) is 2.56. The van der Waals surface area contributed by atoms with Crippen molar-refractivity contribution in [2.75, 3.05) is 7.11 Å². The van der Waals surface area contributed by atoms with E-state index in [9.17, 15) is 10.1 Å². The molecule has 0 aliphatic carbocycles. The molecule has 1 aromatic carbocycles. The van der Waals surface area contributed by atoms with Crippen molar-refractivity contribution >= 4 is 5.69 Å². The monoisotopic (exact) mass is 287 g/mol. The number of ether oxygens (including phenoxy) is 1. The van der Waals surface area contributed by atoms with Crippen molar-refractivity contribution in [2.24, 2.45) is 0 Å². The molecule has 2 aromatic rings. The topological polar surface area (TPSA) is 102 Å². The minimum absolute atomic E-state index is 0.0610. The van der Waals surface area contributed by atoms with Gasteiger partial charge in [0.05, 0.1) is 35.8 Å². The van der Waals surface area contributed by atoms with Gasteiger partial charge in [-0.15, -0.1) is 0 Å². The molecule has 1 heterocycles. The zero-order valence-corrected chi connectivity index (χ0v) is 11.8. The Morgan fingerprint density at radius 1 is 1.48 bits per heavy atom. The zero-order valence-electron chi connectivity index (χ0n) is 11.8. The molecule has 0 spiro atoms. The quantitative estimate of drug-likeness (QED) is 0.632. The maximum atomic E-state index is 11.2. The normalized spacial score (nSPS) is 10.2. The Balaban J connectivity index is 2.75. The van der Waals surface area contributed by atoms with Gasteiger partial charge in [0.2, 0.25) is 0 Å². The van der Waals surface area contributed by atoms with Gasteiger partial charge in [0.25, 0.3) is 5.69 Å². The van der Waals surface area contributed by atoms with Crippen LogP contribution in [0.25, 0.3) is 11.1 Å². The van der Waals surface area contributed by atoms with E-state index in [-0.39, 0.29) is 12.1 Å². The number of methoxy groups -OCH3 is 1. The van der Waals surface area contributed by atoms with E-state index in [1.165, 1.54) is 19.2 Å². The van der Waals surface area contributed by atoms with Crippen LogP contribution in [0.3, 0.4) is 0 Å². The summed E-state index contributed by atoms with van der Waals surface area (Å²) in [6, 6.07) is 4.83. The highest BCUT2D eigenvalue weighted by molar-refractivity contribution is 5.77. The van der Waals surface area contributed by atoms with E-state index in [1.807, 2.05) is 6.07 Å². The van der Waals surface area contributed by atoms with Crippen LogP contribution in [0.15, 0.2) is 16.7 Å². The summed E-state index contributed by atoms with van der Waals surface area (Å²) in [7, 11) is 1.47. The van der Waals surface area contributed by atoms with Crippen LogP contribution in [-0.4, -0.2) is 17.2 Å². The molecule has 0 unspecified atom stereocenters. The highest BCUT2D eigenvalue weighted by atomic mass is 16.6. The fourth-order valence-electron chi connectivity index (χ4n) is 2.24. The average molecular weight is 287 g/mol. The number of hydrogen-bond donors (Lipinski definition) is 0. The third-order valence-electron chi connectivity index (χ3n) is 3.17. The smallest absolute Gasteiger partial charge is 0.274 e. The summed E-state index contributed by atoms with van der Waals surface area (Å²) in [5, 5.41) is 23.8. The summed E-state index contributed by atoms with van der Waals surface area (Å²) in [5.41, 5.74) is 2.01. The molecule has 0 aliphatic rings. The minimum atomic E-state index is -0.506. The molecule has 2 rings (SSSR count). The number of rotatable bonds is 4. The number of aromatic nitrogens is 1. The van der Waals surface area contributed by atoms with E-state index in [0.29, 0.717) is 33.9 Å². The molecule has 108 valence electrons. The summed E-state index contributed by atoms with van der Waals surface area (Å²) < 4.78 is 10.4. The molecular formula is C14H13N3O4. The summed E-state index contributed by atoms with van der Waals surface area (Å²) >= 11 is 0. The number of benzene rings is 1. The maximum Gasteiger partial charge on any atom is 0.274 e. The molecular weight excluding hydrogens is 274 g/mol. The first-order valence-corrected chi connectivity index (χ1v) is 6.15. The van der Waals surface area contributed by atoms with Crippen molar-refractivity contribution < 1.29 is 14.2 Å². The van der Waals surface area contributed by atoms with Crippen LogP contribution in [0.1, 0.15) is 17.0 Å². The Morgan fingerprint density at radius 2 is 2.19 bits per heavy atom. The molecule has 7 nitrogen and oxygen atoms in total. The third-order valence-corrected chi connectivity index (χ3v) is 3.17. The van der Waals surface area contributed by atoms with E-state index in [2.05, 4.69) is 5.16 Å². The van der Waals surface area contributed by atoms with Crippen molar-refractivity contribution in [1.29, 1.82) is 5.26 Å². The maximum absolute atomic E-state index is 11.2. The van der Waals surface area contributed by atoms with E-state index < -0.39 is 4.92 Å². The van der Waals surface area contributed by atoms with E-state index in [0.717, 1.165) is 0 Å². The molecule has 0 bridgehead atoms. The number of nitro benzene ring substituents is 1. The molecule has 0 N–H and O–H groups in total. The van der Waals surface area contributed by atoms with Crippen LogP contribution in [0.2, 0.25) is 0 Å². The van der Waals surface area contributed by atoms with Crippen molar-refractivity contribution in [3.63, 3.8) is 0 Å². The predicted octanol–water partition coefficient (Wildman–Crippen LogP) is 2.94. The van der Waals surface area contributed by atoms with Crippen molar-refractivity contribution in [3.05, 3.63) is 39.3 Å². The lowest BCUT2D eigenvalue weighted by molar-refractivity contribution is -0.385. The van der Waals surface area contributed by atoms with Gasteiger partial charge in [-0.2, -0.15) is 5.26 Å². The largest absolute Gasteiger partial charge is 0.496 e. The number of nitro groups is 1. The molecule has 21 heavy (non-hydrogen) atoms. The lowest BCUT2D eigenvalue weighted by Crippen LogP contribution is -1.99. The Labute approximate surface area is 120 Å². The first-order valence-electron chi connectivity index (χ1n) is 6.15. The van der Waals surface area contributed by atoms with Crippen molar-refractivity contribution in [1.82, 2.24) is 5.16 Å². The second kappa shape index (κ2) is 5.63. The van der Waals surface area contributed by atoms with Gasteiger partial charge < -0.3 is 9.26 Å². The minimum Gasteiger partial charge on any atom is -0.496 e. The summed E-state index contributed by atoms with van der Waals surface area (Å²) in [6.07, 6.45) is -0.0610. The second-order valence-electron chi connectivity index (χ2n) is 4.47. The van der Waals surface area contributed by atoms with Gasteiger partial charge in [0.15, 0.2) is 0 Å². The highest BCUT2D eigenvalue weighted by Crippen LogP contribution is 2.39. The Kier molecular flexibility index (Phi) is 3.89. The SMILES string of the molecule is COc1cc(CC#N)c([N+](=O)[O-])cc1-c1c(C)noc1C. The first kappa shape index (κ1) is 14.5. The number of nitriles is 1. The van der Waals surface area contributed by atoms with Crippen LogP contribution in [0.4, 0.5) is 5.69 Å². The number of nitrogens with zero attached hydrogens (tertiary/aromatic N) is 3. The standard InChI is InChI=1S/C14H13N3O4/c1-8-14(9(2)21-16-8)11-7-12(17(18)19)10(4-5-15)6-13(11)20-3/h6-7H,4H2,1-3H3. The van der Waals surface area contributed by atoms with Crippen LogP contribution in [-0.2, 0) is 6.42 Å². The first-order chi connectivity index (χ1) is 9.99. The van der Waals surface area contributed by atoms with Gasteiger partial charge in [-0.25, -0.2) is 0 Å². The van der Waals surface area contributed by atoms with E-state index >= 15 is 0 Å². The number of hydrogen-bond acceptors (Lipinski definition) is 6. The molecule has 7 heteroatoms. The molecule has 0 saturated heterocycles. The molecule has 0 saturated carbocycles. The molecule has 0 aliphatic heterocycles. The highest BCUT2D eigenvalue weighted by Gasteiger charge is 2.23. The Bertz CT molecular complexity index is 724. The summed E-state index contributed by atoms with van der Waals surface area (Å²) in [5.74, 6) is 0.994. The molecule has 0 atom stereocenters. The molecule has 0 radical (unpaired) electrons. The predicted molar refractivity (Wildman–Crippen MR) is 73.9 cm³/mol. The average Bonchev–Trinajstić information content (AvgIpc) is 2.78. The number of aryl methyl sites for hydroxylation is 2. The fourth-order valence-corrected chi connectivity index (χ4v) is 2.24. The van der Waals surface area contributed by atoms with Gasteiger partial charge in [0, 0.05) is 17.2 Å². The fraction of sp³-hybridized carbons (Fsp3) is 0.286. The lowest BCUT2D eigenvalue weighted by atomic mass is 9.98. The summed E-state index contributed by atoms with van der Waals surface area (Å²) in [6.45, 7) is 3.48. The van der Waals surface area contributed by atoms with Gasteiger partial charge >= 0.3 is 0 Å². The van der Waals surface area contributed by atoms with Gasteiger partial charge in [0.1, 0.15) is 11.5 Å². The zero-order chi connectivity index (χ0) is 15.6. The lowest BCUT2D eigenvalue weighted by Gasteiger charge is -2.10. The van der Waals surface area contributed by atoms with Gasteiger partial charge in [-0.3, -0.25) is 10.1 Å². The molecule has 0 fully saturated rings. The molecule has 1 aromatic heterocycles. The van der Waals surface area contributed by atoms with Crippen LogP contribution in [0, 0.1) is 35.3 Å². The summed E-state index contributed by atoms with van der Waals surface area (Å²) in [4.78, 5) is 10.7. The van der Waals surface area contributed by atoms with E-state index in [1.54, 1.807) is 13.8 Å². The van der Waals surface area contributed by atoms with E-state index in [4.69, 9.17) is 14.5 Å². The van der Waals surface area contributed by atoms with Crippen LogP contribution in [0.5, 0.6) is 5.75 Å². The molecule has 0 amide bonds. The Morgan fingerprint density at radius 3 is 2.67 bits per heavy atom. The second-order valence-corrected chi connectivity index (χ2v) is 4.47. The van der Waals surface area contributed by atoms with Crippen LogP contribution >= 0.6 is 0 Å². The van der Waals surface area contributed by atoms with Crippen molar-refractivity contribution in [3.8, 4) is 22.9 Å². The van der Waals surface area contributed by atoms with Crippen molar-refractivity contribution in [2.45, 2.75) is 20.3 Å². The van der Waals surface area contributed by atoms with Crippen LogP contribution < -0.4 is 4.74 Å².